The third-order valence-corrected chi connectivity index (χ3v) is 3.14. The number of hydrogen-bond donors (Lipinski definition) is 1. The third-order valence-electron chi connectivity index (χ3n) is 2.24. The molecule has 6 nitrogen and oxygen atoms in total. The number of aromatic nitrogens is 2. The second-order valence-electron chi connectivity index (χ2n) is 4.47. The lowest BCUT2D eigenvalue weighted by Crippen LogP contribution is -2.33. The molecule has 1 aliphatic heterocycles. The number of sulfonamides is 1. The molecule has 0 aromatic carbocycles. The Hall–Kier alpha value is -1.08. The van der Waals surface area contributed by atoms with E-state index < -0.39 is 10.0 Å². The van der Waals surface area contributed by atoms with Gasteiger partial charge in [-0.25, -0.2) is 18.2 Å². The van der Waals surface area contributed by atoms with Gasteiger partial charge in [-0.3, -0.25) is 0 Å². The molecule has 0 unspecified atom stereocenters. The number of rotatable bonds is 1. The van der Waals surface area contributed by atoms with E-state index in [0.717, 1.165) is 0 Å². The van der Waals surface area contributed by atoms with Crippen molar-refractivity contribution in [2.45, 2.75) is 25.3 Å². The van der Waals surface area contributed by atoms with Gasteiger partial charge in [0.1, 0.15) is 0 Å². The molecule has 0 amide bonds. The van der Waals surface area contributed by atoms with E-state index in [0.29, 0.717) is 13.2 Å². The van der Waals surface area contributed by atoms with Crippen LogP contribution in [0.4, 0.5) is 0 Å². The molecule has 0 radical (unpaired) electrons. The van der Waals surface area contributed by atoms with Gasteiger partial charge in [-0.1, -0.05) is 13.8 Å². The van der Waals surface area contributed by atoms with Gasteiger partial charge in [0, 0.05) is 5.41 Å². The maximum Gasteiger partial charge on any atom is 0.245 e. The average molecular weight is 231 g/mol. The summed E-state index contributed by atoms with van der Waals surface area (Å²) in [6, 6.07) is 0. The highest BCUT2D eigenvalue weighted by atomic mass is 32.2. The molecular formula is C8H13N3O3S. The molecule has 2 heterocycles. The molecule has 2 rings (SSSR count). The van der Waals surface area contributed by atoms with Crippen LogP contribution in [0.25, 0.3) is 0 Å². The molecule has 2 N–H and O–H groups in total. The minimum absolute atomic E-state index is 0.0435. The summed E-state index contributed by atoms with van der Waals surface area (Å²) in [4.78, 5) is -0.0435. The molecule has 1 aromatic rings. The van der Waals surface area contributed by atoms with Crippen molar-refractivity contribution in [3.63, 3.8) is 0 Å². The smallest absolute Gasteiger partial charge is 0.245 e. The molecule has 1 aliphatic rings. The fourth-order valence-electron chi connectivity index (χ4n) is 1.53. The van der Waals surface area contributed by atoms with Crippen LogP contribution in [0.1, 0.15) is 13.8 Å². The summed E-state index contributed by atoms with van der Waals surface area (Å²) < 4.78 is 29.3. The molecule has 0 saturated heterocycles. The maximum absolute atomic E-state index is 11.2. The molecule has 7 heteroatoms. The van der Waals surface area contributed by atoms with Crippen LogP contribution in [0, 0.1) is 5.41 Å². The normalized spacial score (nSPS) is 19.4. The van der Waals surface area contributed by atoms with Gasteiger partial charge in [0.2, 0.25) is 15.9 Å². The fraction of sp³-hybridized carbons (Fsp3) is 0.625. The van der Waals surface area contributed by atoms with Crippen molar-refractivity contribution >= 4 is 10.0 Å². The van der Waals surface area contributed by atoms with E-state index in [4.69, 9.17) is 9.88 Å². The highest BCUT2D eigenvalue weighted by Crippen LogP contribution is 2.32. The zero-order chi connectivity index (χ0) is 11.3. The summed E-state index contributed by atoms with van der Waals surface area (Å²) in [7, 11) is -3.75. The lowest BCUT2D eigenvalue weighted by Gasteiger charge is -2.30. The SMILES string of the molecule is CC1(C)COc2c(S(N)(=O)=O)cnn2C1. The van der Waals surface area contributed by atoms with Crippen LogP contribution in [-0.2, 0) is 16.6 Å². The zero-order valence-corrected chi connectivity index (χ0v) is 9.41. The van der Waals surface area contributed by atoms with Crippen molar-refractivity contribution < 1.29 is 13.2 Å². The minimum atomic E-state index is -3.75. The van der Waals surface area contributed by atoms with Gasteiger partial charge in [0.25, 0.3) is 0 Å². The zero-order valence-electron chi connectivity index (χ0n) is 8.60. The van der Waals surface area contributed by atoms with Crippen molar-refractivity contribution in [3.05, 3.63) is 6.20 Å². The molecule has 0 saturated carbocycles. The van der Waals surface area contributed by atoms with Crippen LogP contribution in [-0.4, -0.2) is 24.8 Å². The number of primary sulfonamides is 1. The molecule has 0 bridgehead atoms. The van der Waals surface area contributed by atoms with Crippen LogP contribution in [0.3, 0.4) is 0 Å². The largest absolute Gasteiger partial charge is 0.476 e. The highest BCUT2D eigenvalue weighted by molar-refractivity contribution is 7.89. The Morgan fingerprint density at radius 3 is 2.87 bits per heavy atom. The van der Waals surface area contributed by atoms with Gasteiger partial charge in [-0.2, -0.15) is 5.10 Å². The predicted molar refractivity (Wildman–Crippen MR) is 52.9 cm³/mol. The summed E-state index contributed by atoms with van der Waals surface area (Å²) in [5.74, 6) is 0.247. The molecule has 0 spiro atoms. The van der Waals surface area contributed by atoms with E-state index in [9.17, 15) is 8.42 Å². The molecule has 0 aliphatic carbocycles. The first-order chi connectivity index (χ1) is 6.80. The van der Waals surface area contributed by atoms with Crippen molar-refractivity contribution in [1.82, 2.24) is 9.78 Å². The summed E-state index contributed by atoms with van der Waals surface area (Å²) in [5, 5.41) is 8.98. The number of nitrogens with two attached hydrogens (primary N) is 1. The molecule has 1 aromatic heterocycles. The Kier molecular flexibility index (Phi) is 2.06. The number of fused-ring (bicyclic) bond motifs is 1. The van der Waals surface area contributed by atoms with Crippen LogP contribution in [0.15, 0.2) is 11.1 Å². The molecular weight excluding hydrogens is 218 g/mol. The van der Waals surface area contributed by atoms with Crippen LogP contribution in [0.5, 0.6) is 5.88 Å². The predicted octanol–water partition coefficient (Wildman–Crippen LogP) is -0.0509. The van der Waals surface area contributed by atoms with Crippen molar-refractivity contribution in [2.75, 3.05) is 6.61 Å². The topological polar surface area (TPSA) is 87.2 Å². The van der Waals surface area contributed by atoms with Crippen molar-refractivity contribution in [3.8, 4) is 5.88 Å². The minimum Gasteiger partial charge on any atom is -0.476 e. The third kappa shape index (κ3) is 1.84. The Morgan fingerprint density at radius 2 is 2.27 bits per heavy atom. The lowest BCUT2D eigenvalue weighted by atomic mass is 9.94. The Balaban J connectivity index is 2.48. The van der Waals surface area contributed by atoms with Gasteiger partial charge in [-0.15, -0.1) is 0 Å². The van der Waals surface area contributed by atoms with E-state index >= 15 is 0 Å². The van der Waals surface area contributed by atoms with Crippen molar-refractivity contribution in [1.29, 1.82) is 0 Å². The molecule has 0 atom stereocenters. The lowest BCUT2D eigenvalue weighted by molar-refractivity contribution is 0.0971. The van der Waals surface area contributed by atoms with Gasteiger partial charge in [0.05, 0.1) is 19.3 Å². The maximum atomic E-state index is 11.2. The van der Waals surface area contributed by atoms with E-state index in [-0.39, 0.29) is 16.2 Å². The fourth-order valence-corrected chi connectivity index (χ4v) is 2.13. The quantitative estimate of drug-likeness (QED) is 0.734. The van der Waals surface area contributed by atoms with Gasteiger partial charge < -0.3 is 4.74 Å². The van der Waals surface area contributed by atoms with E-state index in [1.807, 2.05) is 13.8 Å². The van der Waals surface area contributed by atoms with E-state index in [2.05, 4.69) is 5.10 Å². The Labute approximate surface area is 88.1 Å². The van der Waals surface area contributed by atoms with Gasteiger partial charge in [0.15, 0.2) is 4.90 Å². The Morgan fingerprint density at radius 1 is 1.60 bits per heavy atom. The second kappa shape index (κ2) is 2.96. The van der Waals surface area contributed by atoms with Crippen LogP contribution >= 0.6 is 0 Å². The van der Waals surface area contributed by atoms with Crippen LogP contribution in [0.2, 0.25) is 0 Å². The highest BCUT2D eigenvalue weighted by Gasteiger charge is 2.31. The molecule has 15 heavy (non-hydrogen) atoms. The van der Waals surface area contributed by atoms with Gasteiger partial charge in [-0.05, 0) is 0 Å². The standard InChI is InChI=1S/C8H13N3O3S/c1-8(2)4-11-7(14-5-8)6(3-10-11)15(9,12)13/h3H,4-5H2,1-2H3,(H2,9,12,13). The molecule has 0 fully saturated rings. The molecule has 84 valence electrons. The first kappa shape index (κ1) is 10.4. The van der Waals surface area contributed by atoms with Gasteiger partial charge >= 0.3 is 0 Å². The van der Waals surface area contributed by atoms with Crippen LogP contribution < -0.4 is 9.88 Å². The second-order valence-corrected chi connectivity index (χ2v) is 6.00. The van der Waals surface area contributed by atoms with Crippen molar-refractivity contribution in [2.24, 2.45) is 10.6 Å². The Bertz CT molecular complexity index is 489. The first-order valence-corrected chi connectivity index (χ1v) is 6.06. The summed E-state index contributed by atoms with van der Waals surface area (Å²) in [5.41, 5.74) is -0.0470. The average Bonchev–Trinajstić information content (AvgIpc) is 2.43. The van der Waals surface area contributed by atoms with E-state index in [1.54, 1.807) is 0 Å². The number of nitrogens with zero attached hydrogens (tertiary/aromatic N) is 2. The summed E-state index contributed by atoms with van der Waals surface area (Å²) >= 11 is 0. The monoisotopic (exact) mass is 231 g/mol. The summed E-state index contributed by atoms with van der Waals surface area (Å²) in [6.45, 7) is 5.13. The first-order valence-electron chi connectivity index (χ1n) is 4.51. The van der Waals surface area contributed by atoms with E-state index in [1.165, 1.54) is 10.9 Å². The summed E-state index contributed by atoms with van der Waals surface area (Å²) in [6.07, 6.45) is 1.23. The number of hydrogen-bond acceptors (Lipinski definition) is 4. The number of ether oxygens (including phenoxy) is 1.